The molecule has 0 aliphatic heterocycles. The van der Waals surface area contributed by atoms with Crippen LogP contribution in [0.15, 0.2) is 48.5 Å². The zero-order valence-electron chi connectivity index (χ0n) is 15.1. The van der Waals surface area contributed by atoms with Gasteiger partial charge in [0.2, 0.25) is 5.91 Å². The Hall–Kier alpha value is -2.04. The summed E-state index contributed by atoms with van der Waals surface area (Å²) in [5, 5.41) is 3.98. The van der Waals surface area contributed by atoms with Crippen LogP contribution in [0.1, 0.15) is 36.3 Å². The fourth-order valence-electron chi connectivity index (χ4n) is 3.37. The van der Waals surface area contributed by atoms with Gasteiger partial charge in [-0.2, -0.15) is 0 Å². The SMILES string of the molecule is COC(=O)[C@@H](NC(=O)[C@H]1C[C@@H]1c1cc(Cl)cc(Cl)c1)[C@@H](C)c1ccccc1. The van der Waals surface area contributed by atoms with Crippen LogP contribution in [0.3, 0.4) is 0 Å². The number of amides is 1. The highest BCUT2D eigenvalue weighted by Crippen LogP contribution is 2.48. The van der Waals surface area contributed by atoms with Gasteiger partial charge in [-0.05, 0) is 41.7 Å². The van der Waals surface area contributed by atoms with Crippen LogP contribution in [0.5, 0.6) is 0 Å². The molecule has 1 aliphatic rings. The lowest BCUT2D eigenvalue weighted by atomic mass is 9.93. The molecule has 1 aliphatic carbocycles. The van der Waals surface area contributed by atoms with Gasteiger partial charge < -0.3 is 10.1 Å². The van der Waals surface area contributed by atoms with Crippen molar-refractivity contribution in [3.05, 3.63) is 69.7 Å². The largest absolute Gasteiger partial charge is 0.467 e. The number of methoxy groups -OCH3 is 1. The molecule has 3 rings (SSSR count). The number of hydrogen-bond acceptors (Lipinski definition) is 3. The first-order valence-electron chi connectivity index (χ1n) is 8.80. The third-order valence-electron chi connectivity index (χ3n) is 5.02. The highest BCUT2D eigenvalue weighted by atomic mass is 35.5. The molecule has 2 aromatic carbocycles. The Kier molecular flexibility index (Phi) is 6.08. The number of carbonyl (C=O) groups is 2. The molecule has 1 fully saturated rings. The van der Waals surface area contributed by atoms with E-state index in [2.05, 4.69) is 5.32 Å². The Balaban J connectivity index is 1.71. The van der Waals surface area contributed by atoms with E-state index in [1.807, 2.05) is 49.4 Å². The molecule has 2 aromatic rings. The van der Waals surface area contributed by atoms with Crippen LogP contribution < -0.4 is 5.32 Å². The second-order valence-electron chi connectivity index (χ2n) is 6.86. The fraction of sp³-hybridized carbons (Fsp3) is 0.333. The summed E-state index contributed by atoms with van der Waals surface area (Å²) in [5.41, 5.74) is 1.90. The minimum Gasteiger partial charge on any atom is -0.467 e. The van der Waals surface area contributed by atoms with E-state index in [0.29, 0.717) is 16.5 Å². The number of hydrogen-bond donors (Lipinski definition) is 1. The minimum absolute atomic E-state index is 0.0616. The van der Waals surface area contributed by atoms with Gasteiger partial charge in [0, 0.05) is 21.9 Å². The molecular formula is C21H21Cl2NO3. The first-order valence-corrected chi connectivity index (χ1v) is 9.55. The highest BCUT2D eigenvalue weighted by molar-refractivity contribution is 6.34. The zero-order valence-corrected chi connectivity index (χ0v) is 16.6. The van der Waals surface area contributed by atoms with Crippen LogP contribution in [0, 0.1) is 5.92 Å². The predicted octanol–water partition coefficient (Wildman–Crippen LogP) is 4.56. The third-order valence-corrected chi connectivity index (χ3v) is 5.45. The van der Waals surface area contributed by atoms with E-state index in [1.165, 1.54) is 7.11 Å². The van der Waals surface area contributed by atoms with Crippen LogP contribution in [-0.4, -0.2) is 25.0 Å². The molecule has 0 heterocycles. The van der Waals surface area contributed by atoms with Gasteiger partial charge in [-0.3, -0.25) is 4.79 Å². The summed E-state index contributed by atoms with van der Waals surface area (Å²) in [4.78, 5) is 25.0. The van der Waals surface area contributed by atoms with Gasteiger partial charge in [0.1, 0.15) is 6.04 Å². The Morgan fingerprint density at radius 3 is 2.33 bits per heavy atom. The summed E-state index contributed by atoms with van der Waals surface area (Å²) in [5.74, 6) is -0.960. The number of benzene rings is 2. The molecule has 1 N–H and O–H groups in total. The lowest BCUT2D eigenvalue weighted by molar-refractivity contribution is -0.145. The Bertz CT molecular complexity index is 820. The number of nitrogens with one attached hydrogen (secondary N) is 1. The van der Waals surface area contributed by atoms with Crippen molar-refractivity contribution < 1.29 is 14.3 Å². The second-order valence-corrected chi connectivity index (χ2v) is 7.73. The molecule has 6 heteroatoms. The van der Waals surface area contributed by atoms with E-state index in [0.717, 1.165) is 11.1 Å². The van der Waals surface area contributed by atoms with Crippen molar-refractivity contribution in [3.63, 3.8) is 0 Å². The average molecular weight is 406 g/mol. The second kappa shape index (κ2) is 8.32. The van der Waals surface area contributed by atoms with Gasteiger partial charge in [-0.1, -0.05) is 60.5 Å². The standard InChI is InChI=1S/C21H21Cl2NO3/c1-12(13-6-4-3-5-7-13)19(21(26)27-2)24-20(25)18-11-17(18)14-8-15(22)10-16(23)9-14/h3-10,12,17-19H,11H2,1-2H3,(H,24,25)/t12-,17+,18-,19-/m0/s1. The Labute approximate surface area is 168 Å². The van der Waals surface area contributed by atoms with Crippen molar-refractivity contribution in [2.24, 2.45) is 5.92 Å². The molecule has 4 nitrogen and oxygen atoms in total. The normalized spacial score (nSPS) is 20.4. The summed E-state index contributed by atoms with van der Waals surface area (Å²) in [7, 11) is 1.33. The number of carbonyl (C=O) groups excluding carboxylic acids is 2. The summed E-state index contributed by atoms with van der Waals surface area (Å²) < 4.78 is 4.91. The van der Waals surface area contributed by atoms with E-state index >= 15 is 0 Å². The van der Waals surface area contributed by atoms with Gasteiger partial charge >= 0.3 is 5.97 Å². The summed E-state index contributed by atoms with van der Waals surface area (Å²) in [6.45, 7) is 1.90. The van der Waals surface area contributed by atoms with Gasteiger partial charge in [0.05, 0.1) is 7.11 Å². The van der Waals surface area contributed by atoms with Crippen molar-refractivity contribution in [3.8, 4) is 0 Å². The fourth-order valence-corrected chi connectivity index (χ4v) is 3.91. The van der Waals surface area contributed by atoms with E-state index in [-0.39, 0.29) is 23.7 Å². The summed E-state index contributed by atoms with van der Waals surface area (Å²) in [6, 6.07) is 14.2. The number of rotatable bonds is 6. The Morgan fingerprint density at radius 1 is 1.11 bits per heavy atom. The quantitative estimate of drug-likeness (QED) is 0.716. The zero-order chi connectivity index (χ0) is 19.6. The van der Waals surface area contributed by atoms with Gasteiger partial charge in [0.15, 0.2) is 0 Å². The van der Waals surface area contributed by atoms with E-state index in [4.69, 9.17) is 27.9 Å². The maximum Gasteiger partial charge on any atom is 0.328 e. The van der Waals surface area contributed by atoms with Crippen LogP contribution in [0.4, 0.5) is 0 Å². The molecule has 1 amide bonds. The van der Waals surface area contributed by atoms with Crippen LogP contribution >= 0.6 is 23.2 Å². The number of halogens is 2. The monoisotopic (exact) mass is 405 g/mol. The van der Waals surface area contributed by atoms with Crippen LogP contribution in [0.2, 0.25) is 10.0 Å². The predicted molar refractivity (Wildman–Crippen MR) is 106 cm³/mol. The van der Waals surface area contributed by atoms with Gasteiger partial charge in [-0.25, -0.2) is 4.79 Å². The molecule has 4 atom stereocenters. The molecule has 0 aromatic heterocycles. The molecule has 1 saturated carbocycles. The summed E-state index contributed by atoms with van der Waals surface area (Å²) in [6.07, 6.45) is 0.704. The molecule has 0 radical (unpaired) electrons. The number of esters is 1. The Morgan fingerprint density at radius 2 is 1.74 bits per heavy atom. The van der Waals surface area contributed by atoms with Crippen molar-refractivity contribution in [2.75, 3.05) is 7.11 Å². The molecule has 142 valence electrons. The third kappa shape index (κ3) is 4.63. The molecule has 0 spiro atoms. The minimum atomic E-state index is -0.742. The maximum atomic E-state index is 12.7. The van der Waals surface area contributed by atoms with Gasteiger partial charge in [-0.15, -0.1) is 0 Å². The molecule has 0 unspecified atom stereocenters. The average Bonchev–Trinajstić information content (AvgIpc) is 3.46. The van der Waals surface area contributed by atoms with Crippen molar-refractivity contribution in [2.45, 2.75) is 31.2 Å². The van der Waals surface area contributed by atoms with E-state index < -0.39 is 12.0 Å². The lowest BCUT2D eigenvalue weighted by Crippen LogP contribution is -2.45. The van der Waals surface area contributed by atoms with Crippen molar-refractivity contribution >= 4 is 35.1 Å². The van der Waals surface area contributed by atoms with Crippen LogP contribution in [-0.2, 0) is 14.3 Å². The molecule has 0 bridgehead atoms. The first-order chi connectivity index (χ1) is 12.9. The lowest BCUT2D eigenvalue weighted by Gasteiger charge is -2.23. The molecule has 0 saturated heterocycles. The summed E-state index contributed by atoms with van der Waals surface area (Å²) >= 11 is 12.1. The first kappa shape index (κ1) is 19.7. The van der Waals surface area contributed by atoms with E-state index in [1.54, 1.807) is 6.07 Å². The van der Waals surface area contributed by atoms with Crippen LogP contribution in [0.25, 0.3) is 0 Å². The van der Waals surface area contributed by atoms with Gasteiger partial charge in [0.25, 0.3) is 0 Å². The van der Waals surface area contributed by atoms with Crippen molar-refractivity contribution in [1.82, 2.24) is 5.32 Å². The number of ether oxygens (including phenoxy) is 1. The van der Waals surface area contributed by atoms with Crippen molar-refractivity contribution in [1.29, 1.82) is 0 Å². The molecular weight excluding hydrogens is 385 g/mol. The van der Waals surface area contributed by atoms with E-state index in [9.17, 15) is 9.59 Å². The smallest absolute Gasteiger partial charge is 0.328 e. The molecule has 27 heavy (non-hydrogen) atoms. The maximum absolute atomic E-state index is 12.7. The topological polar surface area (TPSA) is 55.4 Å². The highest BCUT2D eigenvalue weighted by Gasteiger charge is 2.45.